The summed E-state index contributed by atoms with van der Waals surface area (Å²) in [5.74, 6) is -3.35. The molecule has 0 bridgehead atoms. The lowest BCUT2D eigenvalue weighted by Gasteiger charge is -2.46. The topological polar surface area (TPSA) is 329 Å². The number of fused-ring (bicyclic) bond motifs is 1. The Labute approximate surface area is 426 Å². The van der Waals surface area contributed by atoms with Crippen LogP contribution in [0.15, 0.2) is 88.4 Å². The first-order chi connectivity index (χ1) is 35.2. The smallest absolute Gasteiger partial charge is 0.437 e. The van der Waals surface area contributed by atoms with Gasteiger partial charge in [0.15, 0.2) is 0 Å². The summed E-state index contributed by atoms with van der Waals surface area (Å²) >= 11 is 1.37. The number of likely N-dealkylation sites (N-methyl/N-ethyl adjacent to an activating group) is 2. The fourth-order valence-electron chi connectivity index (χ4n) is 9.01. The number of carbonyl (C=O) groups is 6. The van der Waals surface area contributed by atoms with Crippen molar-refractivity contribution >= 4 is 70.7 Å². The molecule has 3 aromatic rings. The summed E-state index contributed by atoms with van der Waals surface area (Å²) in [5.41, 5.74) is 0.899. The molecule has 7 atom stereocenters. The zero-order valence-corrected chi connectivity index (χ0v) is 41.2. The van der Waals surface area contributed by atoms with E-state index in [4.69, 9.17) is 14.2 Å². The van der Waals surface area contributed by atoms with Gasteiger partial charge in [-0.25, -0.2) is 14.4 Å². The van der Waals surface area contributed by atoms with Crippen molar-refractivity contribution in [1.29, 1.82) is 0 Å². The summed E-state index contributed by atoms with van der Waals surface area (Å²) in [7, 11) is 2.93. The molecule has 26 nitrogen and oxygen atoms in total. The first-order valence-electron chi connectivity index (χ1n) is 23.2. The van der Waals surface area contributed by atoms with Crippen LogP contribution in [0.2, 0.25) is 0 Å². The van der Waals surface area contributed by atoms with Gasteiger partial charge in [0.05, 0.1) is 51.5 Å². The molecule has 74 heavy (non-hydrogen) atoms. The number of β-lactam (4-membered cyclic amide) rings is 1. The van der Waals surface area contributed by atoms with Crippen molar-refractivity contribution in [3.05, 3.63) is 130 Å². The third-order valence-electron chi connectivity index (χ3n) is 13.1. The Morgan fingerprint density at radius 3 is 1.91 bits per heavy atom. The van der Waals surface area contributed by atoms with E-state index in [-0.39, 0.29) is 66.2 Å². The maximum Gasteiger partial charge on any atom is 0.437 e. The maximum absolute atomic E-state index is 14.0. The third-order valence-corrected chi connectivity index (χ3v) is 14.6. The molecule has 0 aliphatic carbocycles. The number of amides is 5. The van der Waals surface area contributed by atoms with E-state index in [0.29, 0.717) is 47.5 Å². The van der Waals surface area contributed by atoms with Gasteiger partial charge < -0.3 is 44.2 Å². The Balaban J connectivity index is 0.951. The van der Waals surface area contributed by atoms with Crippen molar-refractivity contribution in [2.24, 2.45) is 16.8 Å². The molecule has 3 N–H and O–H groups in total. The number of nitrogens with one attached hydrogen (secondary N) is 2. The predicted octanol–water partition coefficient (Wildman–Crippen LogP) is 3.60. The number of esters is 1. The van der Waals surface area contributed by atoms with Crippen LogP contribution in [0.4, 0.5) is 26.7 Å². The number of benzene rings is 3. The highest BCUT2D eigenvalue weighted by molar-refractivity contribution is 8.03. The maximum atomic E-state index is 14.0. The van der Waals surface area contributed by atoms with Crippen molar-refractivity contribution in [1.82, 2.24) is 30.2 Å². The number of nitro benzene ring substituents is 3. The molecule has 0 radical (unpaired) electrons. The van der Waals surface area contributed by atoms with E-state index < -0.39 is 87.4 Å². The molecule has 27 heteroatoms. The SMILES string of the molecule is C[C@@H](O)[C@H]1C(=O)N2C(C(=O)OCc3ccc([N+](=O)[O-])cc3)=C(S[C@@H]3CN[C@H](C(=O)N4CC[C@H](N(C)C(=O)CN(C)/C(=N\C(=O)OCc5ccc([N+](=O)[O-])cc5)NC(=O)OCc5ccc([N+](=O)[O-])cc5)C4)C3)[C@H](C)[C@H]12. The number of thioether (sulfide) groups is 1. The Morgan fingerprint density at radius 2 is 1.38 bits per heavy atom. The molecular formula is C47H52N10O16S. The summed E-state index contributed by atoms with van der Waals surface area (Å²) in [6.07, 6.45) is -2.45. The van der Waals surface area contributed by atoms with Gasteiger partial charge in [0.1, 0.15) is 25.5 Å². The zero-order valence-electron chi connectivity index (χ0n) is 40.4. The molecule has 0 spiro atoms. The number of nitro groups is 3. The summed E-state index contributed by atoms with van der Waals surface area (Å²) in [6, 6.07) is 14.5. The number of guanidine groups is 1. The normalized spacial score (nSPS) is 21.5. The van der Waals surface area contributed by atoms with Crippen LogP contribution in [0.3, 0.4) is 0 Å². The van der Waals surface area contributed by atoms with Crippen LogP contribution in [0.1, 0.15) is 43.4 Å². The summed E-state index contributed by atoms with van der Waals surface area (Å²) in [4.78, 5) is 122. The number of carbonyl (C=O) groups excluding carboxylic acids is 6. The van der Waals surface area contributed by atoms with E-state index in [0.717, 1.165) is 0 Å². The molecule has 4 heterocycles. The highest BCUT2D eigenvalue weighted by Crippen LogP contribution is 2.52. The Morgan fingerprint density at radius 1 is 0.851 bits per heavy atom. The standard InChI is InChI=1S/C47H52N10O16S/c1-26-39-38(27(2)58)43(61)54(39)40(44(62)71-23-28-5-11-31(12-6-28)55(65)66)41(26)74-35-19-36(48-20-35)42(60)53-18-17-34(21-53)52(4)37(59)22-51(3)45(49-46(63)72-24-29-7-13-32(14-8-29)56(67)68)50-47(64)73-25-30-9-15-33(16-10-30)57(69)70/h5-16,26-27,34-36,38-39,48,58H,17-25H2,1-4H3,(H,49,50,63,64)/t26-,27-,34+,35+,36+,38-,39-/m1/s1. The quantitative estimate of drug-likeness (QED) is 0.0331. The lowest BCUT2D eigenvalue weighted by molar-refractivity contribution is -0.385. The Hall–Kier alpha value is -8.04. The summed E-state index contributed by atoms with van der Waals surface area (Å²) in [5, 5.41) is 49.0. The second kappa shape index (κ2) is 23.2. The molecule has 0 saturated carbocycles. The largest absolute Gasteiger partial charge is 0.456 e. The Kier molecular flexibility index (Phi) is 16.9. The average molecular weight is 1050 g/mol. The second-order valence-electron chi connectivity index (χ2n) is 18.0. The van der Waals surface area contributed by atoms with Crippen LogP contribution >= 0.6 is 11.8 Å². The van der Waals surface area contributed by atoms with Gasteiger partial charge >= 0.3 is 18.2 Å². The first kappa shape index (κ1) is 53.8. The minimum Gasteiger partial charge on any atom is -0.456 e. The summed E-state index contributed by atoms with van der Waals surface area (Å²) in [6.45, 7) is 3.00. The van der Waals surface area contributed by atoms with Crippen molar-refractivity contribution in [3.8, 4) is 0 Å². The number of aliphatic hydroxyl groups is 1. The zero-order chi connectivity index (χ0) is 53.5. The number of rotatable bonds is 17. The number of non-ortho nitro benzene ring substituents is 3. The van der Waals surface area contributed by atoms with Gasteiger partial charge in [0.25, 0.3) is 17.1 Å². The predicted molar refractivity (Wildman–Crippen MR) is 260 cm³/mol. The molecule has 5 amide bonds. The van der Waals surface area contributed by atoms with E-state index in [2.05, 4.69) is 15.6 Å². The summed E-state index contributed by atoms with van der Waals surface area (Å²) < 4.78 is 16.1. The minimum absolute atomic E-state index is 0.0697. The van der Waals surface area contributed by atoms with Crippen LogP contribution in [0.25, 0.3) is 0 Å². The number of likely N-dealkylation sites (tertiary alicyclic amines) is 1. The van der Waals surface area contributed by atoms with Crippen LogP contribution < -0.4 is 10.6 Å². The van der Waals surface area contributed by atoms with E-state index >= 15 is 0 Å². The number of ether oxygens (including phenoxy) is 3. The molecule has 3 fully saturated rings. The number of hydrogen-bond acceptors (Lipinski definition) is 18. The van der Waals surface area contributed by atoms with E-state index in [1.54, 1.807) is 11.9 Å². The Bertz CT molecular complexity index is 2760. The van der Waals surface area contributed by atoms with Crippen molar-refractivity contribution in [3.63, 3.8) is 0 Å². The van der Waals surface area contributed by atoms with Gasteiger partial charge in [-0.3, -0.25) is 50.0 Å². The molecule has 3 saturated heterocycles. The van der Waals surface area contributed by atoms with Crippen molar-refractivity contribution < 1.29 is 62.9 Å². The molecular weight excluding hydrogens is 993 g/mol. The fourth-order valence-corrected chi connectivity index (χ4v) is 10.5. The third kappa shape index (κ3) is 12.4. The fraction of sp³-hybridized carbons (Fsp3) is 0.426. The van der Waals surface area contributed by atoms with Crippen LogP contribution in [-0.4, -0.2) is 151 Å². The highest BCUT2D eigenvalue weighted by atomic mass is 32.2. The van der Waals surface area contributed by atoms with Gasteiger partial charge in [-0.05, 0) is 72.9 Å². The van der Waals surface area contributed by atoms with Crippen molar-refractivity contribution in [2.75, 3.05) is 40.3 Å². The first-order valence-corrected chi connectivity index (χ1v) is 24.1. The number of alkyl carbamates (subject to hydrolysis) is 1. The average Bonchev–Trinajstić information content (AvgIpc) is 4.12. The van der Waals surface area contributed by atoms with Crippen LogP contribution in [-0.2, 0) is 53.2 Å². The van der Waals surface area contributed by atoms with Gasteiger partial charge in [0.2, 0.25) is 23.7 Å². The minimum atomic E-state index is -1.19. The van der Waals surface area contributed by atoms with E-state index in [9.17, 15) is 64.2 Å². The van der Waals surface area contributed by atoms with Crippen LogP contribution in [0.5, 0.6) is 0 Å². The second-order valence-corrected chi connectivity index (χ2v) is 19.4. The van der Waals surface area contributed by atoms with E-state index in [1.165, 1.54) is 113 Å². The molecule has 392 valence electrons. The number of hydrogen-bond donors (Lipinski definition) is 3. The lowest BCUT2D eigenvalue weighted by atomic mass is 9.79. The molecule has 0 unspecified atom stereocenters. The molecule has 4 aliphatic heterocycles. The number of aliphatic hydroxyl groups excluding tert-OH is 1. The van der Waals surface area contributed by atoms with Crippen molar-refractivity contribution in [2.45, 2.75) is 76.0 Å². The van der Waals surface area contributed by atoms with Crippen LogP contribution in [0, 0.1) is 42.2 Å². The van der Waals surface area contributed by atoms with Gasteiger partial charge in [-0.15, -0.1) is 16.8 Å². The molecule has 4 aliphatic rings. The molecule has 3 aromatic carbocycles. The monoisotopic (exact) mass is 1040 g/mol. The van der Waals surface area contributed by atoms with Gasteiger partial charge in [-0.1, -0.05) is 6.92 Å². The molecule has 7 rings (SSSR count). The van der Waals surface area contributed by atoms with E-state index in [1.807, 2.05) is 6.92 Å². The van der Waals surface area contributed by atoms with Gasteiger partial charge in [0, 0.05) is 86.2 Å². The number of aliphatic imine (C=N–C) groups is 1. The molecule has 0 aromatic heterocycles. The lowest BCUT2D eigenvalue weighted by Crippen LogP contribution is -2.63. The highest BCUT2D eigenvalue weighted by Gasteiger charge is 2.60. The van der Waals surface area contributed by atoms with Gasteiger partial charge in [-0.2, -0.15) is 0 Å². The number of nitrogens with zero attached hydrogens (tertiary/aromatic N) is 8.